The number of carboxylic acid groups (broad SMARTS) is 1. The number of hydrogen-bond donors (Lipinski definition) is 1. The number of carbonyl (C=O) groups is 1. The van der Waals surface area contributed by atoms with E-state index in [1.54, 1.807) is 0 Å². The maximum Gasteiger partial charge on any atom is 0.300 e. The molecule has 0 unspecified atom stereocenters. The molecular weight excluding hydrogens is 226 g/mol. The quantitative estimate of drug-likeness (QED) is 0.440. The van der Waals surface area contributed by atoms with Gasteiger partial charge in [-0.2, -0.15) is 0 Å². The van der Waals surface area contributed by atoms with Crippen LogP contribution in [0.4, 0.5) is 0 Å². The van der Waals surface area contributed by atoms with Crippen molar-refractivity contribution >= 4 is 5.97 Å². The molecule has 0 radical (unpaired) electrons. The summed E-state index contributed by atoms with van der Waals surface area (Å²) in [5, 5.41) is 7.42. The van der Waals surface area contributed by atoms with Crippen LogP contribution in [0, 0.1) is 0 Å². The average Bonchev–Trinajstić information content (AvgIpc) is 0.811. The van der Waals surface area contributed by atoms with E-state index in [9.17, 15) is 0 Å². The smallest absolute Gasteiger partial charge is 0.300 e. The van der Waals surface area contributed by atoms with E-state index in [1.807, 2.05) is 0 Å². The van der Waals surface area contributed by atoms with E-state index in [2.05, 4.69) is 0 Å². The minimum Gasteiger partial charge on any atom is -0.481 e. The van der Waals surface area contributed by atoms with Gasteiger partial charge in [0.2, 0.25) is 0 Å². The van der Waals surface area contributed by atoms with Gasteiger partial charge < -0.3 is 27.0 Å². The van der Waals surface area contributed by atoms with Gasteiger partial charge in [0.15, 0.2) is 0 Å². The van der Waals surface area contributed by atoms with Crippen molar-refractivity contribution in [2.75, 3.05) is 0 Å². The van der Waals surface area contributed by atoms with Crippen molar-refractivity contribution in [2.45, 2.75) is 6.92 Å². The molecule has 0 saturated carbocycles. The van der Waals surface area contributed by atoms with Crippen LogP contribution in [0.3, 0.4) is 0 Å². The van der Waals surface area contributed by atoms with Gasteiger partial charge in [0.1, 0.15) is 0 Å². The maximum absolute atomic E-state index is 9.00. The van der Waals surface area contributed by atoms with Crippen LogP contribution < -0.4 is 0 Å². The first kappa shape index (κ1) is 64.5. The molecule has 7 heteroatoms. The van der Waals surface area contributed by atoms with Gasteiger partial charge in [-0.25, -0.2) is 0 Å². The summed E-state index contributed by atoms with van der Waals surface area (Å²) in [6.45, 7) is 1.08. The Morgan fingerprint density at radius 2 is 1.11 bits per heavy atom. The van der Waals surface area contributed by atoms with E-state index in [4.69, 9.17) is 9.90 Å². The monoisotopic (exact) mass is 238 g/mol. The third kappa shape index (κ3) is 372000. The third-order valence-corrected chi connectivity index (χ3v) is 0. The fourth-order valence-electron chi connectivity index (χ4n) is 0. The molecule has 0 aliphatic rings. The fraction of sp³-hybridized carbons (Fsp3) is 0.500. The number of carboxylic acids is 1. The van der Waals surface area contributed by atoms with Gasteiger partial charge in [0, 0.05) is 27.3 Å². The normalized spacial score (nSPS) is 2.78. The average molecular weight is 239 g/mol. The van der Waals surface area contributed by atoms with E-state index in [-0.39, 0.29) is 42.3 Å². The molecule has 9 N–H and O–H groups in total. The molecule has 6 nitrogen and oxygen atoms in total. The van der Waals surface area contributed by atoms with E-state index in [0.717, 1.165) is 6.92 Å². The van der Waals surface area contributed by atoms with Gasteiger partial charge in [0.25, 0.3) is 5.97 Å². The maximum atomic E-state index is 9.00. The van der Waals surface area contributed by atoms with Gasteiger partial charge in [-0.3, -0.25) is 4.79 Å². The molecule has 0 heterocycles. The molecule has 0 bridgehead atoms. The van der Waals surface area contributed by atoms with Crippen molar-refractivity contribution in [2.24, 2.45) is 0 Å². The molecule has 0 aromatic rings. The van der Waals surface area contributed by atoms with Crippen LogP contribution in [0.25, 0.3) is 0 Å². The van der Waals surface area contributed by atoms with Crippen LogP contribution in [0.5, 0.6) is 0 Å². The summed E-state index contributed by atoms with van der Waals surface area (Å²) in [6, 6.07) is 0. The van der Waals surface area contributed by atoms with E-state index < -0.39 is 5.97 Å². The second kappa shape index (κ2) is 43.9. The summed E-state index contributed by atoms with van der Waals surface area (Å²) < 4.78 is 0. The Labute approximate surface area is 65.8 Å². The third-order valence-electron chi connectivity index (χ3n) is 0. The first-order valence-corrected chi connectivity index (χ1v) is 0.928. The van der Waals surface area contributed by atoms with Crippen LogP contribution in [0.15, 0.2) is 0 Å². The van der Waals surface area contributed by atoms with Crippen molar-refractivity contribution < 1.29 is 52.2 Å². The predicted octanol–water partition coefficient (Wildman–Crippen LogP) is -3.21. The molecule has 0 rings (SSSR count). The van der Waals surface area contributed by atoms with Gasteiger partial charge in [-0.05, 0) is 0 Å². The zero-order valence-corrected chi connectivity index (χ0v) is 6.23. The Morgan fingerprint density at radius 3 is 1.11 bits per heavy atom. The standard InChI is InChI=1S/C2H4O2.4H2O.Pd/c1-2(3)4;;;;;/h1H3,(H,3,4);4*1H2;. The molecule has 0 amide bonds. The second-order valence-corrected chi connectivity index (χ2v) is 0.519. The van der Waals surface area contributed by atoms with E-state index in [0.29, 0.717) is 0 Å². The topological polar surface area (TPSA) is 163 Å². The molecule has 0 atom stereocenters. The van der Waals surface area contributed by atoms with Crippen LogP contribution >= 0.6 is 0 Å². The summed E-state index contributed by atoms with van der Waals surface area (Å²) in [4.78, 5) is 9.00. The van der Waals surface area contributed by atoms with Crippen molar-refractivity contribution in [3.8, 4) is 0 Å². The molecule has 0 fully saturated rings. The van der Waals surface area contributed by atoms with Gasteiger partial charge in [0.05, 0.1) is 0 Å². The van der Waals surface area contributed by atoms with Crippen molar-refractivity contribution in [3.63, 3.8) is 0 Å². The van der Waals surface area contributed by atoms with Crippen LogP contribution in [-0.4, -0.2) is 33.0 Å². The summed E-state index contributed by atoms with van der Waals surface area (Å²) in [7, 11) is 0. The first-order valence-electron chi connectivity index (χ1n) is 0.928. The SMILES string of the molecule is CC(=O)O.O.O.O.O.[Pd]. The number of rotatable bonds is 0. The second-order valence-electron chi connectivity index (χ2n) is 0.519. The molecule has 0 aliphatic heterocycles. The Hall–Kier alpha value is -0.0277. The molecule has 0 saturated heterocycles. The van der Waals surface area contributed by atoms with Crippen LogP contribution in [0.2, 0.25) is 0 Å². The van der Waals surface area contributed by atoms with Crippen molar-refractivity contribution in [1.82, 2.24) is 0 Å². The number of hydrogen-bond acceptors (Lipinski definition) is 1. The molecule has 0 aromatic carbocycles. The Morgan fingerprint density at radius 1 is 1.11 bits per heavy atom. The van der Waals surface area contributed by atoms with Crippen LogP contribution in [-0.2, 0) is 25.2 Å². The zero-order chi connectivity index (χ0) is 3.58. The molecule has 0 spiro atoms. The van der Waals surface area contributed by atoms with Gasteiger partial charge >= 0.3 is 0 Å². The Bertz CT molecular complexity index is 34.0. The van der Waals surface area contributed by atoms with Gasteiger partial charge in [-0.15, -0.1) is 0 Å². The minimum atomic E-state index is -0.833. The van der Waals surface area contributed by atoms with Crippen LogP contribution in [0.1, 0.15) is 6.92 Å². The first-order chi connectivity index (χ1) is 1.73. The summed E-state index contributed by atoms with van der Waals surface area (Å²) in [6.07, 6.45) is 0. The predicted molar refractivity (Wildman–Crippen MR) is 27.8 cm³/mol. The fourth-order valence-corrected chi connectivity index (χ4v) is 0. The molecule has 0 aromatic heterocycles. The van der Waals surface area contributed by atoms with Crippen molar-refractivity contribution in [1.29, 1.82) is 0 Å². The zero-order valence-electron chi connectivity index (χ0n) is 4.67. The molecular formula is C2H12O6Pd. The Balaban J connectivity index is -0.00000000450. The minimum absolute atomic E-state index is 0. The number of aliphatic carboxylic acids is 1. The van der Waals surface area contributed by atoms with Crippen molar-refractivity contribution in [3.05, 3.63) is 0 Å². The largest absolute Gasteiger partial charge is 0.481 e. The molecule has 66 valence electrons. The van der Waals surface area contributed by atoms with E-state index >= 15 is 0 Å². The van der Waals surface area contributed by atoms with Gasteiger partial charge in [-0.1, -0.05) is 0 Å². The molecule has 9 heavy (non-hydrogen) atoms. The summed E-state index contributed by atoms with van der Waals surface area (Å²) in [5.74, 6) is -0.833. The molecule has 0 aliphatic carbocycles. The summed E-state index contributed by atoms with van der Waals surface area (Å²) >= 11 is 0. The van der Waals surface area contributed by atoms with E-state index in [1.165, 1.54) is 0 Å². The summed E-state index contributed by atoms with van der Waals surface area (Å²) in [5.41, 5.74) is 0. The Kier molecular flexibility index (Phi) is 315.